The van der Waals surface area contributed by atoms with E-state index < -0.39 is 0 Å². The lowest BCUT2D eigenvalue weighted by atomic mass is 9.96. The molecule has 0 spiro atoms. The normalized spacial score (nSPS) is 21.9. The van der Waals surface area contributed by atoms with Crippen molar-refractivity contribution in [2.45, 2.75) is 26.3 Å². The van der Waals surface area contributed by atoms with Gasteiger partial charge in [-0.25, -0.2) is 0 Å². The molecule has 1 aromatic rings. The highest BCUT2D eigenvalue weighted by Crippen LogP contribution is 2.18. The first kappa shape index (κ1) is 7.46. The van der Waals surface area contributed by atoms with Crippen LogP contribution in [0.3, 0.4) is 0 Å². The van der Waals surface area contributed by atoms with Crippen LogP contribution in [0.15, 0.2) is 6.33 Å². The third kappa shape index (κ3) is 1.13. The Bertz CT molecular complexity index is 305. The van der Waals surface area contributed by atoms with Crippen molar-refractivity contribution in [2.75, 3.05) is 0 Å². The first-order valence-corrected chi connectivity index (χ1v) is 4.14. The van der Waals surface area contributed by atoms with Crippen molar-refractivity contribution in [3.8, 4) is 0 Å². The van der Waals surface area contributed by atoms with Gasteiger partial charge in [-0.15, -0.1) is 10.2 Å². The fourth-order valence-electron chi connectivity index (χ4n) is 1.59. The Morgan fingerprint density at radius 2 is 2.58 bits per heavy atom. The molecule has 4 heteroatoms. The van der Waals surface area contributed by atoms with Crippen LogP contribution in [0.5, 0.6) is 0 Å². The third-order valence-corrected chi connectivity index (χ3v) is 2.40. The first-order valence-electron chi connectivity index (χ1n) is 4.14. The van der Waals surface area contributed by atoms with Crippen LogP contribution >= 0.6 is 0 Å². The van der Waals surface area contributed by atoms with Gasteiger partial charge in [0, 0.05) is 18.9 Å². The number of carbonyl (C=O) groups excluding carboxylic acids is 1. The van der Waals surface area contributed by atoms with Crippen molar-refractivity contribution >= 4 is 5.78 Å². The van der Waals surface area contributed by atoms with E-state index in [1.807, 2.05) is 4.57 Å². The second kappa shape index (κ2) is 2.69. The van der Waals surface area contributed by atoms with Crippen LogP contribution < -0.4 is 0 Å². The van der Waals surface area contributed by atoms with Crippen molar-refractivity contribution in [1.29, 1.82) is 0 Å². The molecule has 0 saturated carbocycles. The number of aryl methyl sites for hydroxylation is 1. The van der Waals surface area contributed by atoms with Crippen LogP contribution in [0.1, 0.15) is 19.2 Å². The Hall–Kier alpha value is -1.19. The van der Waals surface area contributed by atoms with Gasteiger partial charge < -0.3 is 4.57 Å². The topological polar surface area (TPSA) is 47.8 Å². The Morgan fingerprint density at radius 1 is 1.75 bits per heavy atom. The SMILES string of the molecule is CC(=O)C1CCc2nncn2C1. The zero-order valence-electron chi connectivity index (χ0n) is 7.03. The molecule has 12 heavy (non-hydrogen) atoms. The molecule has 0 radical (unpaired) electrons. The number of hydrogen-bond donors (Lipinski definition) is 0. The Labute approximate surface area is 70.6 Å². The quantitative estimate of drug-likeness (QED) is 0.606. The molecule has 2 heterocycles. The molecule has 2 rings (SSSR count). The van der Waals surface area contributed by atoms with Gasteiger partial charge in [0.25, 0.3) is 0 Å². The van der Waals surface area contributed by atoms with Crippen molar-refractivity contribution in [1.82, 2.24) is 14.8 Å². The lowest BCUT2D eigenvalue weighted by Crippen LogP contribution is -2.24. The average molecular weight is 165 g/mol. The van der Waals surface area contributed by atoms with Gasteiger partial charge >= 0.3 is 0 Å². The highest BCUT2D eigenvalue weighted by molar-refractivity contribution is 5.78. The van der Waals surface area contributed by atoms with E-state index in [0.717, 1.165) is 25.2 Å². The molecule has 0 fully saturated rings. The maximum Gasteiger partial charge on any atom is 0.134 e. The number of fused-ring (bicyclic) bond motifs is 1. The summed E-state index contributed by atoms with van der Waals surface area (Å²) in [4.78, 5) is 11.1. The van der Waals surface area contributed by atoms with Gasteiger partial charge in [-0.3, -0.25) is 4.79 Å². The zero-order chi connectivity index (χ0) is 8.55. The van der Waals surface area contributed by atoms with Gasteiger partial charge in [0.15, 0.2) is 0 Å². The molecule has 64 valence electrons. The van der Waals surface area contributed by atoms with Gasteiger partial charge in [-0.1, -0.05) is 0 Å². The van der Waals surface area contributed by atoms with Crippen molar-refractivity contribution in [3.63, 3.8) is 0 Å². The summed E-state index contributed by atoms with van der Waals surface area (Å²) in [5.41, 5.74) is 0. The van der Waals surface area contributed by atoms with Crippen LogP contribution in [0.2, 0.25) is 0 Å². The predicted molar refractivity (Wildman–Crippen MR) is 42.5 cm³/mol. The molecule has 1 aliphatic rings. The lowest BCUT2D eigenvalue weighted by molar-refractivity contribution is -0.121. The largest absolute Gasteiger partial charge is 0.317 e. The third-order valence-electron chi connectivity index (χ3n) is 2.40. The van der Waals surface area contributed by atoms with Crippen LogP contribution in [-0.4, -0.2) is 20.5 Å². The van der Waals surface area contributed by atoms with E-state index in [9.17, 15) is 4.79 Å². The second-order valence-corrected chi connectivity index (χ2v) is 3.25. The molecule has 1 aliphatic heterocycles. The van der Waals surface area contributed by atoms with Crippen molar-refractivity contribution in [2.24, 2.45) is 5.92 Å². The summed E-state index contributed by atoms with van der Waals surface area (Å²) in [6.07, 6.45) is 3.50. The molecule has 0 bridgehead atoms. The van der Waals surface area contributed by atoms with E-state index in [-0.39, 0.29) is 11.7 Å². The maximum atomic E-state index is 11.1. The number of carbonyl (C=O) groups is 1. The molecule has 0 amide bonds. The standard InChI is InChI=1S/C8H11N3O/c1-6(12)7-2-3-8-10-9-5-11(8)4-7/h5,7H,2-4H2,1H3. The van der Waals surface area contributed by atoms with Gasteiger partial charge in [0.2, 0.25) is 0 Å². The minimum atomic E-state index is 0.175. The summed E-state index contributed by atoms with van der Waals surface area (Å²) >= 11 is 0. The molecule has 0 aromatic carbocycles. The van der Waals surface area contributed by atoms with Crippen LogP contribution in [0.25, 0.3) is 0 Å². The predicted octanol–water partition coefficient (Wildman–Crippen LogP) is 0.430. The molecule has 0 aliphatic carbocycles. The molecule has 1 unspecified atom stereocenters. The summed E-state index contributed by atoms with van der Waals surface area (Å²) in [5, 5.41) is 7.75. The number of Topliss-reactive ketones (excluding diaryl/α,β-unsaturated/α-hetero) is 1. The minimum Gasteiger partial charge on any atom is -0.317 e. The fraction of sp³-hybridized carbons (Fsp3) is 0.625. The highest BCUT2D eigenvalue weighted by Gasteiger charge is 2.22. The van der Waals surface area contributed by atoms with Crippen LogP contribution in [0.4, 0.5) is 0 Å². The zero-order valence-corrected chi connectivity index (χ0v) is 7.03. The van der Waals surface area contributed by atoms with Crippen molar-refractivity contribution < 1.29 is 4.79 Å². The Balaban J connectivity index is 2.20. The van der Waals surface area contributed by atoms with E-state index in [0.29, 0.717) is 0 Å². The summed E-state index contributed by atoms with van der Waals surface area (Å²) in [7, 11) is 0. The van der Waals surface area contributed by atoms with E-state index >= 15 is 0 Å². The van der Waals surface area contributed by atoms with Gasteiger partial charge in [-0.05, 0) is 13.3 Å². The molecule has 0 saturated heterocycles. The van der Waals surface area contributed by atoms with Crippen LogP contribution in [0, 0.1) is 5.92 Å². The number of aromatic nitrogens is 3. The minimum absolute atomic E-state index is 0.175. The maximum absolute atomic E-state index is 11.1. The number of rotatable bonds is 1. The monoisotopic (exact) mass is 165 g/mol. The van der Waals surface area contributed by atoms with E-state index in [2.05, 4.69) is 10.2 Å². The van der Waals surface area contributed by atoms with E-state index in [1.165, 1.54) is 0 Å². The lowest BCUT2D eigenvalue weighted by Gasteiger charge is -2.20. The summed E-state index contributed by atoms with van der Waals surface area (Å²) < 4.78 is 1.97. The Morgan fingerprint density at radius 3 is 3.33 bits per heavy atom. The molecule has 4 nitrogen and oxygen atoms in total. The molecule has 1 atom stereocenters. The molecule has 1 aromatic heterocycles. The highest BCUT2D eigenvalue weighted by atomic mass is 16.1. The van der Waals surface area contributed by atoms with Gasteiger partial charge in [0.1, 0.15) is 17.9 Å². The first-order chi connectivity index (χ1) is 5.77. The molecule has 0 N–H and O–H groups in total. The smallest absolute Gasteiger partial charge is 0.134 e. The van der Waals surface area contributed by atoms with E-state index in [1.54, 1.807) is 13.3 Å². The van der Waals surface area contributed by atoms with Crippen molar-refractivity contribution in [3.05, 3.63) is 12.2 Å². The number of ketones is 1. The number of nitrogens with zero attached hydrogens (tertiary/aromatic N) is 3. The van der Waals surface area contributed by atoms with Gasteiger partial charge in [-0.2, -0.15) is 0 Å². The fourth-order valence-corrected chi connectivity index (χ4v) is 1.59. The summed E-state index contributed by atoms with van der Waals surface area (Å²) in [6.45, 7) is 2.41. The van der Waals surface area contributed by atoms with Crippen LogP contribution in [-0.2, 0) is 17.8 Å². The summed E-state index contributed by atoms with van der Waals surface area (Å²) in [5.74, 6) is 1.45. The van der Waals surface area contributed by atoms with E-state index in [4.69, 9.17) is 0 Å². The van der Waals surface area contributed by atoms with Gasteiger partial charge in [0.05, 0.1) is 0 Å². The number of hydrogen-bond acceptors (Lipinski definition) is 3. The Kier molecular flexibility index (Phi) is 1.67. The average Bonchev–Trinajstić information content (AvgIpc) is 2.49. The molecular weight excluding hydrogens is 154 g/mol. The molecular formula is C8H11N3O. The summed E-state index contributed by atoms with van der Waals surface area (Å²) in [6, 6.07) is 0. The second-order valence-electron chi connectivity index (χ2n) is 3.25.